The highest BCUT2D eigenvalue weighted by molar-refractivity contribution is 5.57. The van der Waals surface area contributed by atoms with Crippen LogP contribution >= 0.6 is 0 Å². The zero-order chi connectivity index (χ0) is 13.5. The maximum Gasteiger partial charge on any atom is 0.113 e. The first-order chi connectivity index (χ1) is 9.33. The summed E-state index contributed by atoms with van der Waals surface area (Å²) in [5, 5.41) is 8.37. The van der Waals surface area contributed by atoms with Crippen LogP contribution in [-0.2, 0) is 13.0 Å². The van der Waals surface area contributed by atoms with Gasteiger partial charge < -0.3 is 5.73 Å². The molecule has 0 amide bonds. The summed E-state index contributed by atoms with van der Waals surface area (Å²) < 4.78 is 1.89. The lowest BCUT2D eigenvalue weighted by Gasteiger charge is -2.00. The zero-order valence-electron chi connectivity index (χ0n) is 11.5. The van der Waals surface area contributed by atoms with Crippen LogP contribution in [0, 0.1) is 0 Å². The predicted molar refractivity (Wildman–Crippen MR) is 77.7 cm³/mol. The van der Waals surface area contributed by atoms with E-state index in [4.69, 9.17) is 5.73 Å². The quantitative estimate of drug-likeness (QED) is 0.777. The number of rotatable bonds is 7. The minimum atomic E-state index is 0.737. The Hall–Kier alpha value is -1.68. The Morgan fingerprint density at radius 2 is 1.95 bits per heavy atom. The second kappa shape index (κ2) is 7.04. The molecule has 0 aliphatic rings. The molecule has 4 nitrogen and oxygen atoms in total. The molecule has 0 atom stereocenters. The van der Waals surface area contributed by atoms with Crippen LogP contribution in [-0.4, -0.2) is 21.5 Å². The molecule has 4 heteroatoms. The van der Waals surface area contributed by atoms with Gasteiger partial charge in [0, 0.05) is 12.1 Å². The molecule has 0 aliphatic carbocycles. The van der Waals surface area contributed by atoms with Crippen LogP contribution < -0.4 is 5.73 Å². The number of aromatic nitrogens is 3. The van der Waals surface area contributed by atoms with E-state index in [2.05, 4.69) is 41.5 Å². The van der Waals surface area contributed by atoms with E-state index in [-0.39, 0.29) is 0 Å². The molecule has 2 N–H and O–H groups in total. The average Bonchev–Trinajstić information content (AvgIpc) is 2.89. The monoisotopic (exact) mass is 258 g/mol. The third-order valence-electron chi connectivity index (χ3n) is 3.17. The third-order valence-corrected chi connectivity index (χ3v) is 3.17. The van der Waals surface area contributed by atoms with Gasteiger partial charge in [0.05, 0.1) is 6.20 Å². The fraction of sp³-hybridized carbons (Fsp3) is 0.467. The van der Waals surface area contributed by atoms with Gasteiger partial charge >= 0.3 is 0 Å². The largest absolute Gasteiger partial charge is 0.330 e. The molecule has 19 heavy (non-hydrogen) atoms. The molecule has 0 saturated carbocycles. The highest BCUT2D eigenvalue weighted by atomic mass is 15.4. The molecule has 0 aliphatic heterocycles. The second-order valence-corrected chi connectivity index (χ2v) is 4.81. The maximum absolute atomic E-state index is 5.48. The van der Waals surface area contributed by atoms with E-state index in [9.17, 15) is 0 Å². The molecule has 102 valence electrons. The molecule has 2 rings (SSSR count). The number of unbranched alkanes of at least 4 members (excludes halogenated alkanes) is 1. The Kier molecular flexibility index (Phi) is 5.10. The lowest BCUT2D eigenvalue weighted by Crippen LogP contribution is -2.03. The van der Waals surface area contributed by atoms with Crippen molar-refractivity contribution in [2.75, 3.05) is 6.54 Å². The Morgan fingerprint density at radius 1 is 1.16 bits per heavy atom. The van der Waals surface area contributed by atoms with Crippen LogP contribution in [0.1, 0.15) is 31.7 Å². The summed E-state index contributed by atoms with van der Waals surface area (Å²) in [6.07, 6.45) is 6.39. The standard InChI is InChI=1S/C15H22N4/c1-2-5-13-6-8-14(9-7-13)15-12-19(18-17-15)11-4-3-10-16/h6-9,12H,2-5,10-11,16H2,1H3. The van der Waals surface area contributed by atoms with Crippen molar-refractivity contribution in [3.05, 3.63) is 36.0 Å². The summed E-state index contributed by atoms with van der Waals surface area (Å²) in [5.41, 5.74) is 8.93. The molecule has 1 aromatic heterocycles. The van der Waals surface area contributed by atoms with Crippen LogP contribution in [0.5, 0.6) is 0 Å². The normalized spacial score (nSPS) is 10.8. The van der Waals surface area contributed by atoms with E-state index >= 15 is 0 Å². The Morgan fingerprint density at radius 3 is 2.63 bits per heavy atom. The van der Waals surface area contributed by atoms with Gasteiger partial charge in [-0.15, -0.1) is 5.10 Å². The van der Waals surface area contributed by atoms with Crippen molar-refractivity contribution in [3.63, 3.8) is 0 Å². The summed E-state index contributed by atoms with van der Waals surface area (Å²) >= 11 is 0. The summed E-state index contributed by atoms with van der Waals surface area (Å²) in [5.74, 6) is 0. The number of hydrogen-bond acceptors (Lipinski definition) is 3. The molecule has 0 fully saturated rings. The Balaban J connectivity index is 2.01. The Labute approximate surface area is 114 Å². The van der Waals surface area contributed by atoms with E-state index in [0.29, 0.717) is 0 Å². The van der Waals surface area contributed by atoms with Crippen molar-refractivity contribution < 1.29 is 0 Å². The molecule has 0 bridgehead atoms. The molecule has 0 saturated heterocycles. The van der Waals surface area contributed by atoms with Gasteiger partial charge in [0.2, 0.25) is 0 Å². The van der Waals surface area contributed by atoms with Gasteiger partial charge in [-0.1, -0.05) is 42.8 Å². The third kappa shape index (κ3) is 3.89. The molecule has 0 spiro atoms. The van der Waals surface area contributed by atoms with Crippen LogP contribution in [0.3, 0.4) is 0 Å². The second-order valence-electron chi connectivity index (χ2n) is 4.81. The SMILES string of the molecule is CCCc1ccc(-c2cn(CCCCN)nn2)cc1. The topological polar surface area (TPSA) is 56.7 Å². The highest BCUT2D eigenvalue weighted by Gasteiger charge is 2.03. The van der Waals surface area contributed by atoms with Crippen molar-refractivity contribution in [3.8, 4) is 11.3 Å². The van der Waals surface area contributed by atoms with E-state index in [1.165, 1.54) is 12.0 Å². The van der Waals surface area contributed by atoms with Gasteiger partial charge in [0.1, 0.15) is 5.69 Å². The smallest absolute Gasteiger partial charge is 0.113 e. The van der Waals surface area contributed by atoms with Crippen molar-refractivity contribution >= 4 is 0 Å². The van der Waals surface area contributed by atoms with E-state index < -0.39 is 0 Å². The number of aryl methyl sites for hydroxylation is 2. The molecule has 2 aromatic rings. The molecule has 1 heterocycles. The van der Waals surface area contributed by atoms with Crippen molar-refractivity contribution in [1.82, 2.24) is 15.0 Å². The number of nitrogens with two attached hydrogens (primary N) is 1. The first-order valence-corrected chi connectivity index (χ1v) is 7.03. The minimum Gasteiger partial charge on any atom is -0.330 e. The van der Waals surface area contributed by atoms with Crippen LogP contribution in [0.15, 0.2) is 30.5 Å². The molecular formula is C15H22N4. The van der Waals surface area contributed by atoms with Gasteiger partial charge in [-0.3, -0.25) is 4.68 Å². The lowest BCUT2D eigenvalue weighted by atomic mass is 10.1. The van der Waals surface area contributed by atoms with Crippen LogP contribution in [0.2, 0.25) is 0 Å². The predicted octanol–water partition coefficient (Wildman–Crippen LogP) is 2.64. The fourth-order valence-corrected chi connectivity index (χ4v) is 2.09. The first-order valence-electron chi connectivity index (χ1n) is 7.03. The van der Waals surface area contributed by atoms with Gasteiger partial charge in [0.25, 0.3) is 0 Å². The molecular weight excluding hydrogens is 236 g/mol. The summed E-state index contributed by atoms with van der Waals surface area (Å²) in [7, 11) is 0. The maximum atomic E-state index is 5.48. The number of hydrogen-bond donors (Lipinski definition) is 1. The summed E-state index contributed by atoms with van der Waals surface area (Å²) in [6, 6.07) is 8.59. The van der Waals surface area contributed by atoms with E-state index in [1.807, 2.05) is 10.9 Å². The van der Waals surface area contributed by atoms with Crippen molar-refractivity contribution in [2.24, 2.45) is 5.73 Å². The van der Waals surface area contributed by atoms with Crippen LogP contribution in [0.4, 0.5) is 0 Å². The first kappa shape index (κ1) is 13.7. The molecule has 0 radical (unpaired) electrons. The van der Waals surface area contributed by atoms with E-state index in [0.717, 1.165) is 43.6 Å². The molecule has 0 unspecified atom stereocenters. The highest BCUT2D eigenvalue weighted by Crippen LogP contribution is 2.17. The minimum absolute atomic E-state index is 0.737. The fourth-order valence-electron chi connectivity index (χ4n) is 2.09. The lowest BCUT2D eigenvalue weighted by molar-refractivity contribution is 0.544. The van der Waals surface area contributed by atoms with Gasteiger partial charge in [-0.25, -0.2) is 0 Å². The average molecular weight is 258 g/mol. The van der Waals surface area contributed by atoms with Crippen LogP contribution in [0.25, 0.3) is 11.3 Å². The molecule has 1 aromatic carbocycles. The number of benzene rings is 1. The summed E-state index contributed by atoms with van der Waals surface area (Å²) in [4.78, 5) is 0. The van der Waals surface area contributed by atoms with Gasteiger partial charge in [0.15, 0.2) is 0 Å². The number of nitrogens with zero attached hydrogens (tertiary/aromatic N) is 3. The van der Waals surface area contributed by atoms with Gasteiger partial charge in [-0.05, 0) is 31.4 Å². The van der Waals surface area contributed by atoms with Crippen molar-refractivity contribution in [1.29, 1.82) is 0 Å². The van der Waals surface area contributed by atoms with E-state index in [1.54, 1.807) is 0 Å². The van der Waals surface area contributed by atoms with Crippen molar-refractivity contribution in [2.45, 2.75) is 39.2 Å². The van der Waals surface area contributed by atoms with Gasteiger partial charge in [-0.2, -0.15) is 0 Å². The Bertz CT molecular complexity index is 487. The zero-order valence-corrected chi connectivity index (χ0v) is 11.5. The summed E-state index contributed by atoms with van der Waals surface area (Å²) in [6.45, 7) is 3.82.